The highest BCUT2D eigenvalue weighted by atomic mass is 32.2. The number of aromatic nitrogens is 4. The lowest BCUT2D eigenvalue weighted by molar-refractivity contribution is 0.216. The number of sulfonamides is 1. The zero-order chi connectivity index (χ0) is 18.1. The van der Waals surface area contributed by atoms with Crippen LogP contribution in [0.5, 0.6) is 5.75 Å². The Morgan fingerprint density at radius 1 is 1.15 bits per heavy atom. The van der Waals surface area contributed by atoms with E-state index in [1.165, 1.54) is 17.5 Å². The van der Waals surface area contributed by atoms with Crippen molar-refractivity contribution in [2.75, 3.05) is 20.2 Å². The Kier molecular flexibility index (Phi) is 4.13. The van der Waals surface area contributed by atoms with Gasteiger partial charge in [0, 0.05) is 31.5 Å². The summed E-state index contributed by atoms with van der Waals surface area (Å²) in [7, 11) is -2.09. The number of benzene rings is 1. The Hall–Kier alpha value is -2.85. The number of methoxy groups -OCH3 is 1. The van der Waals surface area contributed by atoms with Crippen molar-refractivity contribution in [3.63, 3.8) is 0 Å². The molecule has 9 nitrogen and oxygen atoms in total. The number of hydrogen-bond donors (Lipinski definition) is 0. The van der Waals surface area contributed by atoms with Gasteiger partial charge in [-0.25, -0.2) is 18.4 Å². The van der Waals surface area contributed by atoms with Crippen LogP contribution in [0.2, 0.25) is 0 Å². The number of ether oxygens (including phenoxy) is 1. The zero-order valence-corrected chi connectivity index (χ0v) is 14.6. The molecule has 0 N–H and O–H groups in total. The van der Waals surface area contributed by atoms with Crippen LogP contribution in [-0.2, 0) is 10.0 Å². The molecule has 2 aromatic heterocycles. The predicted molar refractivity (Wildman–Crippen MR) is 89.8 cm³/mol. The quantitative estimate of drug-likeness (QED) is 0.658. The Bertz CT molecular complexity index is 1020. The fourth-order valence-electron chi connectivity index (χ4n) is 2.61. The van der Waals surface area contributed by atoms with Crippen LogP contribution in [0.3, 0.4) is 0 Å². The molecule has 0 radical (unpaired) electrons. The van der Waals surface area contributed by atoms with E-state index < -0.39 is 10.0 Å². The fraction of sp³-hybridized carbons (Fsp3) is 0.250. The summed E-state index contributed by atoms with van der Waals surface area (Å²) < 4.78 is 37.0. The van der Waals surface area contributed by atoms with Crippen molar-refractivity contribution in [1.82, 2.24) is 24.4 Å². The summed E-state index contributed by atoms with van der Waals surface area (Å²) in [6, 6.07) is 8.08. The molecule has 134 valence electrons. The van der Waals surface area contributed by atoms with Gasteiger partial charge in [-0.2, -0.15) is 9.29 Å². The molecule has 26 heavy (non-hydrogen) atoms. The summed E-state index contributed by atoms with van der Waals surface area (Å²) in [4.78, 5) is 12.6. The minimum atomic E-state index is -3.58. The van der Waals surface area contributed by atoms with E-state index in [0.717, 1.165) is 0 Å². The molecule has 10 heteroatoms. The molecular formula is C16H15N5O4S. The maximum Gasteiger partial charge on any atom is 0.243 e. The van der Waals surface area contributed by atoms with Crippen LogP contribution in [-0.4, -0.2) is 53.0 Å². The first-order chi connectivity index (χ1) is 12.6. The second-order valence-electron chi connectivity index (χ2n) is 5.73. The minimum absolute atomic E-state index is 0.152. The molecule has 1 aliphatic rings. The summed E-state index contributed by atoms with van der Waals surface area (Å²) in [6.45, 7) is 0.549. The van der Waals surface area contributed by atoms with Crippen LogP contribution in [0, 0.1) is 0 Å². The maximum atomic E-state index is 12.7. The van der Waals surface area contributed by atoms with Crippen LogP contribution in [0.25, 0.3) is 11.6 Å². The van der Waals surface area contributed by atoms with Gasteiger partial charge in [-0.05, 0) is 18.2 Å². The van der Waals surface area contributed by atoms with Crippen molar-refractivity contribution in [2.24, 2.45) is 0 Å². The summed E-state index contributed by atoms with van der Waals surface area (Å²) >= 11 is 0. The second-order valence-corrected chi connectivity index (χ2v) is 7.66. The van der Waals surface area contributed by atoms with E-state index in [2.05, 4.69) is 20.1 Å². The number of nitrogens with zero attached hydrogens (tertiary/aromatic N) is 5. The van der Waals surface area contributed by atoms with Crippen molar-refractivity contribution in [3.05, 3.63) is 48.6 Å². The molecule has 1 fully saturated rings. The Morgan fingerprint density at radius 3 is 2.65 bits per heavy atom. The molecule has 3 aromatic rings. The van der Waals surface area contributed by atoms with Gasteiger partial charge in [0.2, 0.25) is 27.6 Å². The first-order valence-electron chi connectivity index (χ1n) is 7.83. The van der Waals surface area contributed by atoms with E-state index in [9.17, 15) is 8.42 Å². The molecule has 0 spiro atoms. The van der Waals surface area contributed by atoms with Gasteiger partial charge in [0.1, 0.15) is 5.75 Å². The summed E-state index contributed by atoms with van der Waals surface area (Å²) in [5.41, 5.74) is 0. The molecule has 0 saturated carbocycles. The van der Waals surface area contributed by atoms with E-state index in [1.54, 1.807) is 36.7 Å². The molecule has 3 heterocycles. The van der Waals surface area contributed by atoms with Crippen molar-refractivity contribution < 1.29 is 17.7 Å². The van der Waals surface area contributed by atoms with E-state index >= 15 is 0 Å². The Labute approximate surface area is 149 Å². The van der Waals surface area contributed by atoms with Gasteiger partial charge in [-0.15, -0.1) is 0 Å². The van der Waals surface area contributed by atoms with Crippen LogP contribution in [0.15, 0.2) is 52.1 Å². The van der Waals surface area contributed by atoms with Gasteiger partial charge in [0.15, 0.2) is 0 Å². The third-order valence-corrected chi connectivity index (χ3v) is 5.91. The van der Waals surface area contributed by atoms with Gasteiger partial charge in [0.05, 0.1) is 17.9 Å². The highest BCUT2D eigenvalue weighted by molar-refractivity contribution is 7.89. The summed E-state index contributed by atoms with van der Waals surface area (Å²) in [6.07, 6.45) is 3.17. The third kappa shape index (κ3) is 2.93. The SMILES string of the molecule is COc1cccc(S(=O)(=O)N2CC(c3nc(-c4ncccn4)no3)C2)c1. The number of hydrogen-bond acceptors (Lipinski definition) is 8. The molecular weight excluding hydrogens is 358 g/mol. The van der Waals surface area contributed by atoms with Gasteiger partial charge < -0.3 is 9.26 Å². The molecule has 1 aliphatic heterocycles. The van der Waals surface area contributed by atoms with Gasteiger partial charge >= 0.3 is 0 Å². The van der Waals surface area contributed by atoms with Gasteiger partial charge in [-0.1, -0.05) is 11.2 Å². The second kappa shape index (κ2) is 6.46. The largest absolute Gasteiger partial charge is 0.497 e. The van der Waals surface area contributed by atoms with Crippen molar-refractivity contribution in [3.8, 4) is 17.4 Å². The highest BCUT2D eigenvalue weighted by Crippen LogP contribution is 2.32. The number of rotatable bonds is 5. The lowest BCUT2D eigenvalue weighted by Gasteiger charge is -2.35. The Morgan fingerprint density at radius 2 is 1.92 bits per heavy atom. The van der Waals surface area contributed by atoms with E-state index in [4.69, 9.17) is 9.26 Å². The molecule has 0 amide bonds. The highest BCUT2D eigenvalue weighted by Gasteiger charge is 2.40. The molecule has 1 aromatic carbocycles. The van der Waals surface area contributed by atoms with Crippen LogP contribution in [0.4, 0.5) is 0 Å². The molecule has 0 aliphatic carbocycles. The molecule has 0 atom stereocenters. The first kappa shape index (κ1) is 16.6. The summed E-state index contributed by atoms with van der Waals surface area (Å²) in [5, 5.41) is 3.86. The lowest BCUT2D eigenvalue weighted by atomic mass is 10.0. The van der Waals surface area contributed by atoms with Crippen LogP contribution < -0.4 is 4.74 Å². The van der Waals surface area contributed by atoms with Crippen LogP contribution >= 0.6 is 0 Å². The van der Waals surface area contributed by atoms with Crippen LogP contribution in [0.1, 0.15) is 11.8 Å². The van der Waals surface area contributed by atoms with Crippen molar-refractivity contribution in [2.45, 2.75) is 10.8 Å². The molecule has 4 rings (SSSR count). The zero-order valence-electron chi connectivity index (χ0n) is 13.8. The first-order valence-corrected chi connectivity index (χ1v) is 9.27. The molecule has 0 unspecified atom stereocenters. The van der Waals surface area contributed by atoms with Crippen molar-refractivity contribution >= 4 is 10.0 Å². The molecule has 0 bridgehead atoms. The lowest BCUT2D eigenvalue weighted by Crippen LogP contribution is -2.48. The maximum absolute atomic E-state index is 12.7. The normalized spacial score (nSPS) is 15.6. The Balaban J connectivity index is 1.47. The van der Waals surface area contributed by atoms with Crippen molar-refractivity contribution in [1.29, 1.82) is 0 Å². The topological polar surface area (TPSA) is 111 Å². The van der Waals surface area contributed by atoms with Gasteiger partial charge in [-0.3, -0.25) is 0 Å². The average molecular weight is 373 g/mol. The van der Waals surface area contributed by atoms with Gasteiger partial charge in [0.25, 0.3) is 0 Å². The minimum Gasteiger partial charge on any atom is -0.497 e. The van der Waals surface area contributed by atoms with E-state index in [0.29, 0.717) is 17.5 Å². The fourth-order valence-corrected chi connectivity index (χ4v) is 4.17. The predicted octanol–water partition coefficient (Wildman–Crippen LogP) is 1.32. The van der Waals surface area contributed by atoms with E-state index in [-0.39, 0.29) is 29.7 Å². The monoisotopic (exact) mass is 373 g/mol. The molecule has 1 saturated heterocycles. The third-order valence-electron chi connectivity index (χ3n) is 4.08. The standard InChI is InChI=1S/C16H15N5O4S/c1-24-12-4-2-5-13(8-12)26(22,23)21-9-11(10-21)16-19-15(20-25-16)14-17-6-3-7-18-14/h2-8,11H,9-10H2,1H3. The van der Waals surface area contributed by atoms with E-state index in [1.807, 2.05) is 0 Å². The average Bonchev–Trinajstić information content (AvgIpc) is 3.10. The smallest absolute Gasteiger partial charge is 0.243 e. The summed E-state index contributed by atoms with van der Waals surface area (Å²) in [5.74, 6) is 1.37.